The lowest BCUT2D eigenvalue weighted by molar-refractivity contribution is -0.137. The van der Waals surface area contributed by atoms with Gasteiger partial charge in [-0.1, -0.05) is 81.0 Å². The Morgan fingerprint density at radius 1 is 1.09 bits per heavy atom. The number of carboxylic acid groups (broad SMARTS) is 1. The van der Waals surface area contributed by atoms with Gasteiger partial charge in [0.2, 0.25) is 0 Å². The van der Waals surface area contributed by atoms with Crippen molar-refractivity contribution in [2.45, 2.75) is 76.7 Å². The van der Waals surface area contributed by atoms with Crippen molar-refractivity contribution < 1.29 is 9.90 Å². The summed E-state index contributed by atoms with van der Waals surface area (Å²) in [7, 11) is 0. The molecule has 0 saturated carbocycles. The van der Waals surface area contributed by atoms with Gasteiger partial charge in [0.05, 0.1) is 12.5 Å². The first-order valence-electron chi connectivity index (χ1n) is 8.76. The molecule has 2 atom stereocenters. The molecule has 0 heterocycles. The second kappa shape index (κ2) is 11.8. The Morgan fingerprint density at radius 3 is 2.35 bits per heavy atom. The minimum atomic E-state index is -0.830. The zero-order valence-corrected chi connectivity index (χ0v) is 14.1. The highest BCUT2D eigenvalue weighted by atomic mass is 16.4. The normalized spacial score (nSPS) is 13.4. The van der Waals surface area contributed by atoms with E-state index in [-0.39, 0.29) is 18.4 Å². The van der Waals surface area contributed by atoms with E-state index in [1.54, 1.807) is 0 Å². The number of benzene rings is 1. The van der Waals surface area contributed by atoms with Gasteiger partial charge in [0.25, 0.3) is 0 Å². The summed E-state index contributed by atoms with van der Waals surface area (Å²) in [4.78, 5) is 22.2. The maximum absolute atomic E-state index is 11.1. The summed E-state index contributed by atoms with van der Waals surface area (Å²) in [5, 5.41) is 12.4. The summed E-state index contributed by atoms with van der Waals surface area (Å²) in [6, 6.07) is 9.29. The van der Waals surface area contributed by atoms with Crippen LogP contribution in [0.4, 0.5) is 0 Å². The molecule has 23 heavy (non-hydrogen) atoms. The SMILES string of the molecule is CCCCCCCCC(CC(CC(=O)O)c1ccccc1)N=O. The van der Waals surface area contributed by atoms with E-state index in [1.807, 2.05) is 30.3 Å². The first kappa shape index (κ1) is 19.3. The van der Waals surface area contributed by atoms with Crippen molar-refractivity contribution in [2.75, 3.05) is 0 Å². The molecule has 0 saturated heterocycles. The van der Waals surface area contributed by atoms with E-state index in [2.05, 4.69) is 12.1 Å². The number of rotatable bonds is 13. The molecule has 0 aliphatic rings. The Balaban J connectivity index is 2.48. The summed E-state index contributed by atoms with van der Waals surface area (Å²) in [5.74, 6) is -0.973. The van der Waals surface area contributed by atoms with E-state index >= 15 is 0 Å². The lowest BCUT2D eigenvalue weighted by atomic mass is 9.88. The lowest BCUT2D eigenvalue weighted by Gasteiger charge is -2.18. The number of nitroso groups, excluding NO2 is 1. The number of hydrogen-bond donors (Lipinski definition) is 1. The molecule has 4 heteroatoms. The zero-order chi connectivity index (χ0) is 16.9. The third-order valence-corrected chi connectivity index (χ3v) is 4.29. The van der Waals surface area contributed by atoms with Crippen LogP contribution in [-0.2, 0) is 4.79 Å². The van der Waals surface area contributed by atoms with Crippen LogP contribution in [0, 0.1) is 4.91 Å². The fourth-order valence-corrected chi connectivity index (χ4v) is 2.98. The maximum Gasteiger partial charge on any atom is 0.303 e. The van der Waals surface area contributed by atoms with E-state index < -0.39 is 5.97 Å². The number of hydrogen-bond acceptors (Lipinski definition) is 3. The van der Waals surface area contributed by atoms with Gasteiger partial charge in [0.1, 0.15) is 0 Å². The molecule has 0 amide bonds. The van der Waals surface area contributed by atoms with Gasteiger partial charge in [0, 0.05) is 0 Å². The van der Waals surface area contributed by atoms with Crippen LogP contribution in [0.25, 0.3) is 0 Å². The molecule has 0 aromatic heterocycles. The van der Waals surface area contributed by atoms with Gasteiger partial charge in [0.15, 0.2) is 0 Å². The Bertz CT molecular complexity index is 447. The smallest absolute Gasteiger partial charge is 0.303 e. The van der Waals surface area contributed by atoms with Gasteiger partial charge in [-0.05, 0) is 24.3 Å². The number of aliphatic carboxylic acids is 1. The average Bonchev–Trinajstić information content (AvgIpc) is 2.56. The van der Waals surface area contributed by atoms with Gasteiger partial charge in [-0.2, -0.15) is 4.91 Å². The zero-order valence-electron chi connectivity index (χ0n) is 14.1. The highest BCUT2D eigenvalue weighted by Crippen LogP contribution is 2.28. The third kappa shape index (κ3) is 8.48. The van der Waals surface area contributed by atoms with Crippen molar-refractivity contribution >= 4 is 5.97 Å². The van der Waals surface area contributed by atoms with Crippen LogP contribution in [0.1, 0.15) is 76.2 Å². The van der Waals surface area contributed by atoms with Gasteiger partial charge in [-0.3, -0.25) is 4.79 Å². The highest BCUT2D eigenvalue weighted by molar-refractivity contribution is 5.68. The lowest BCUT2D eigenvalue weighted by Crippen LogP contribution is -2.14. The van der Waals surface area contributed by atoms with Crippen molar-refractivity contribution in [2.24, 2.45) is 5.18 Å². The Kier molecular flexibility index (Phi) is 9.92. The Labute approximate surface area is 139 Å². The monoisotopic (exact) mass is 319 g/mol. The van der Waals surface area contributed by atoms with Crippen molar-refractivity contribution in [3.8, 4) is 0 Å². The summed E-state index contributed by atoms with van der Waals surface area (Å²) < 4.78 is 0. The molecule has 0 aliphatic heterocycles. The highest BCUT2D eigenvalue weighted by Gasteiger charge is 2.21. The van der Waals surface area contributed by atoms with Gasteiger partial charge in [-0.15, -0.1) is 0 Å². The quantitative estimate of drug-likeness (QED) is 0.384. The molecular weight excluding hydrogens is 290 g/mol. The summed E-state index contributed by atoms with van der Waals surface area (Å²) >= 11 is 0. The maximum atomic E-state index is 11.1. The molecule has 2 unspecified atom stereocenters. The molecule has 1 aromatic carbocycles. The molecule has 4 nitrogen and oxygen atoms in total. The molecule has 0 spiro atoms. The van der Waals surface area contributed by atoms with Gasteiger partial charge in [-0.25, -0.2) is 0 Å². The molecule has 0 radical (unpaired) electrons. The Morgan fingerprint density at radius 2 is 1.74 bits per heavy atom. The average molecular weight is 319 g/mol. The largest absolute Gasteiger partial charge is 0.481 e. The van der Waals surface area contributed by atoms with E-state index in [0.29, 0.717) is 6.42 Å². The van der Waals surface area contributed by atoms with Gasteiger partial charge >= 0.3 is 5.97 Å². The van der Waals surface area contributed by atoms with E-state index in [1.165, 1.54) is 25.7 Å². The number of unbranched alkanes of at least 4 members (excludes halogenated alkanes) is 5. The topological polar surface area (TPSA) is 66.7 Å². The third-order valence-electron chi connectivity index (χ3n) is 4.29. The van der Waals surface area contributed by atoms with Crippen molar-refractivity contribution in [1.82, 2.24) is 0 Å². The number of carbonyl (C=O) groups is 1. The van der Waals surface area contributed by atoms with Crippen LogP contribution >= 0.6 is 0 Å². The predicted molar refractivity (Wildman–Crippen MR) is 93.6 cm³/mol. The molecular formula is C19H29NO3. The molecule has 1 rings (SSSR count). The Hall–Kier alpha value is -1.71. The van der Waals surface area contributed by atoms with Crippen molar-refractivity contribution in [1.29, 1.82) is 0 Å². The molecule has 128 valence electrons. The van der Waals surface area contributed by atoms with Crippen LogP contribution in [0.2, 0.25) is 0 Å². The predicted octanol–water partition coefficient (Wildman–Crippen LogP) is 5.52. The van der Waals surface area contributed by atoms with Crippen LogP contribution in [-0.4, -0.2) is 17.1 Å². The van der Waals surface area contributed by atoms with Crippen molar-refractivity contribution in [3.63, 3.8) is 0 Å². The fourth-order valence-electron chi connectivity index (χ4n) is 2.98. The van der Waals surface area contributed by atoms with Crippen LogP contribution < -0.4 is 0 Å². The minimum absolute atomic E-state index is 0.0481. The molecule has 0 bridgehead atoms. The second-order valence-corrected chi connectivity index (χ2v) is 6.26. The molecule has 1 aromatic rings. The van der Waals surface area contributed by atoms with Crippen molar-refractivity contribution in [3.05, 3.63) is 40.8 Å². The van der Waals surface area contributed by atoms with Crippen LogP contribution in [0.15, 0.2) is 35.5 Å². The molecule has 0 fully saturated rings. The molecule has 1 N–H and O–H groups in total. The summed E-state index contributed by atoms with van der Waals surface area (Å²) in [5.41, 5.74) is 0.978. The first-order chi connectivity index (χ1) is 11.2. The molecule has 0 aliphatic carbocycles. The summed E-state index contributed by atoms with van der Waals surface area (Å²) in [6.45, 7) is 2.19. The number of nitrogens with zero attached hydrogens (tertiary/aromatic N) is 1. The number of carboxylic acids is 1. The van der Waals surface area contributed by atoms with Crippen LogP contribution in [0.3, 0.4) is 0 Å². The van der Waals surface area contributed by atoms with Crippen LogP contribution in [0.5, 0.6) is 0 Å². The standard InChI is InChI=1S/C19H29NO3/c1-2-3-4-5-6-10-13-18(20-23)14-17(15-19(21)22)16-11-8-7-9-12-16/h7-9,11-12,17-18H,2-6,10,13-15H2,1H3,(H,21,22). The second-order valence-electron chi connectivity index (χ2n) is 6.26. The minimum Gasteiger partial charge on any atom is -0.481 e. The fraction of sp³-hybridized carbons (Fsp3) is 0.632. The first-order valence-corrected chi connectivity index (χ1v) is 8.76. The van der Waals surface area contributed by atoms with E-state index in [4.69, 9.17) is 5.11 Å². The van der Waals surface area contributed by atoms with Gasteiger partial charge < -0.3 is 5.11 Å². The summed E-state index contributed by atoms with van der Waals surface area (Å²) in [6.07, 6.45) is 8.41. The van der Waals surface area contributed by atoms with E-state index in [0.717, 1.165) is 24.8 Å². The van der Waals surface area contributed by atoms with E-state index in [9.17, 15) is 9.70 Å².